The SMILES string of the molecule is FC(F)(F)c1cc(Cl)ccc1NC1=NCCN1. The molecule has 0 radical (unpaired) electrons. The third kappa shape index (κ3) is 2.82. The van der Waals surface area contributed by atoms with Crippen LogP contribution in [0.25, 0.3) is 0 Å². The molecule has 0 unspecified atom stereocenters. The van der Waals surface area contributed by atoms with Crippen LogP contribution in [0.15, 0.2) is 23.2 Å². The maximum Gasteiger partial charge on any atom is 0.418 e. The molecule has 0 atom stereocenters. The van der Waals surface area contributed by atoms with Crippen LogP contribution in [0.4, 0.5) is 18.9 Å². The van der Waals surface area contributed by atoms with Crippen molar-refractivity contribution in [3.63, 3.8) is 0 Å². The Labute approximate surface area is 101 Å². The third-order valence-corrected chi connectivity index (χ3v) is 2.45. The largest absolute Gasteiger partial charge is 0.418 e. The normalized spacial score (nSPS) is 15.4. The zero-order chi connectivity index (χ0) is 12.5. The molecule has 92 valence electrons. The third-order valence-electron chi connectivity index (χ3n) is 2.21. The van der Waals surface area contributed by atoms with Crippen LogP contribution in [-0.2, 0) is 6.18 Å². The van der Waals surface area contributed by atoms with Crippen molar-refractivity contribution in [1.82, 2.24) is 5.32 Å². The predicted octanol–water partition coefficient (Wildman–Crippen LogP) is 2.73. The smallest absolute Gasteiger partial charge is 0.354 e. The van der Waals surface area contributed by atoms with Crippen LogP contribution in [0.1, 0.15) is 5.56 Å². The number of rotatable bonds is 1. The summed E-state index contributed by atoms with van der Waals surface area (Å²) in [4.78, 5) is 3.97. The van der Waals surface area contributed by atoms with Crippen molar-refractivity contribution in [3.05, 3.63) is 28.8 Å². The summed E-state index contributed by atoms with van der Waals surface area (Å²) in [5.41, 5.74) is -0.864. The molecule has 3 nitrogen and oxygen atoms in total. The zero-order valence-electron chi connectivity index (χ0n) is 8.61. The molecule has 7 heteroatoms. The van der Waals surface area contributed by atoms with Crippen molar-refractivity contribution in [2.75, 3.05) is 18.4 Å². The van der Waals surface area contributed by atoms with Gasteiger partial charge in [0.1, 0.15) is 0 Å². The molecule has 17 heavy (non-hydrogen) atoms. The zero-order valence-corrected chi connectivity index (χ0v) is 9.36. The Morgan fingerprint density at radius 2 is 2.12 bits per heavy atom. The van der Waals surface area contributed by atoms with Crippen LogP contribution in [0.5, 0.6) is 0 Å². The molecule has 1 heterocycles. The number of nitrogens with zero attached hydrogens (tertiary/aromatic N) is 1. The summed E-state index contributed by atoms with van der Waals surface area (Å²) in [6, 6.07) is 3.57. The highest BCUT2D eigenvalue weighted by atomic mass is 35.5. The van der Waals surface area contributed by atoms with E-state index in [4.69, 9.17) is 11.6 Å². The monoisotopic (exact) mass is 263 g/mol. The van der Waals surface area contributed by atoms with E-state index in [-0.39, 0.29) is 10.7 Å². The Bertz CT molecular complexity index is 457. The molecule has 2 rings (SSSR count). The van der Waals surface area contributed by atoms with E-state index in [1.807, 2.05) is 0 Å². The highest BCUT2D eigenvalue weighted by Crippen LogP contribution is 2.36. The molecule has 1 aliphatic rings. The number of nitrogens with one attached hydrogen (secondary N) is 2. The first kappa shape index (κ1) is 12.0. The second-order valence-corrected chi connectivity index (χ2v) is 3.91. The number of aliphatic imine (C=N–C) groups is 1. The fraction of sp³-hybridized carbons (Fsp3) is 0.300. The Balaban J connectivity index is 2.32. The van der Waals surface area contributed by atoms with Gasteiger partial charge in [-0.2, -0.15) is 13.2 Å². The lowest BCUT2D eigenvalue weighted by Gasteiger charge is -2.14. The van der Waals surface area contributed by atoms with Crippen molar-refractivity contribution in [2.45, 2.75) is 6.18 Å². The summed E-state index contributed by atoms with van der Waals surface area (Å²) in [6.07, 6.45) is -4.45. The number of guanidine groups is 1. The Kier molecular flexibility index (Phi) is 3.15. The molecule has 0 aromatic heterocycles. The lowest BCUT2D eigenvalue weighted by Crippen LogP contribution is -2.27. The molecular weight excluding hydrogens is 255 g/mol. The Morgan fingerprint density at radius 3 is 2.71 bits per heavy atom. The van der Waals surface area contributed by atoms with Gasteiger partial charge in [-0.15, -0.1) is 0 Å². The topological polar surface area (TPSA) is 36.4 Å². The van der Waals surface area contributed by atoms with E-state index in [0.717, 1.165) is 6.07 Å². The molecule has 0 aliphatic carbocycles. The fourth-order valence-corrected chi connectivity index (χ4v) is 1.64. The van der Waals surface area contributed by atoms with E-state index in [1.165, 1.54) is 12.1 Å². The Morgan fingerprint density at radius 1 is 1.35 bits per heavy atom. The number of hydrogen-bond donors (Lipinski definition) is 2. The maximum absolute atomic E-state index is 12.7. The summed E-state index contributed by atoms with van der Waals surface area (Å²) in [5.74, 6) is 0.345. The number of halogens is 4. The first-order valence-corrected chi connectivity index (χ1v) is 5.27. The van der Waals surface area contributed by atoms with Crippen LogP contribution >= 0.6 is 11.6 Å². The van der Waals surface area contributed by atoms with Gasteiger partial charge >= 0.3 is 6.18 Å². The molecule has 2 N–H and O–H groups in total. The molecule has 0 saturated heterocycles. The average Bonchev–Trinajstić information content (AvgIpc) is 2.72. The quantitative estimate of drug-likeness (QED) is 0.817. The van der Waals surface area contributed by atoms with Gasteiger partial charge in [-0.25, -0.2) is 0 Å². The van der Waals surface area contributed by atoms with Crippen molar-refractivity contribution < 1.29 is 13.2 Å². The van der Waals surface area contributed by atoms with Gasteiger partial charge in [-0.3, -0.25) is 4.99 Å². The lowest BCUT2D eigenvalue weighted by molar-refractivity contribution is -0.136. The number of hydrogen-bond acceptors (Lipinski definition) is 3. The van der Waals surface area contributed by atoms with Gasteiger partial charge < -0.3 is 10.6 Å². The Hall–Kier alpha value is -1.43. The minimum absolute atomic E-state index is 0.0456. The van der Waals surface area contributed by atoms with E-state index >= 15 is 0 Å². The van der Waals surface area contributed by atoms with Gasteiger partial charge in [0.05, 0.1) is 17.8 Å². The van der Waals surface area contributed by atoms with Crippen LogP contribution in [0.2, 0.25) is 5.02 Å². The molecule has 1 aliphatic heterocycles. The molecule has 1 aromatic rings. The van der Waals surface area contributed by atoms with Gasteiger partial charge in [0, 0.05) is 11.6 Å². The van der Waals surface area contributed by atoms with Crippen LogP contribution in [0.3, 0.4) is 0 Å². The van der Waals surface area contributed by atoms with Crippen molar-refractivity contribution >= 4 is 23.2 Å². The second-order valence-electron chi connectivity index (χ2n) is 3.47. The summed E-state index contributed by atoms with van der Waals surface area (Å²) < 4.78 is 38.2. The highest BCUT2D eigenvalue weighted by molar-refractivity contribution is 6.30. The van der Waals surface area contributed by atoms with Crippen LogP contribution < -0.4 is 10.6 Å². The van der Waals surface area contributed by atoms with Gasteiger partial charge in [0.25, 0.3) is 0 Å². The van der Waals surface area contributed by atoms with Crippen molar-refractivity contribution in [1.29, 1.82) is 0 Å². The summed E-state index contributed by atoms with van der Waals surface area (Å²) in [7, 11) is 0. The molecule has 0 amide bonds. The first-order valence-electron chi connectivity index (χ1n) is 4.89. The van der Waals surface area contributed by atoms with Gasteiger partial charge in [-0.05, 0) is 18.2 Å². The summed E-state index contributed by atoms with van der Waals surface area (Å²) in [6.45, 7) is 1.18. The highest BCUT2D eigenvalue weighted by Gasteiger charge is 2.34. The molecule has 0 fully saturated rings. The van der Waals surface area contributed by atoms with Gasteiger partial charge in [0.2, 0.25) is 0 Å². The van der Waals surface area contributed by atoms with E-state index in [0.29, 0.717) is 19.0 Å². The van der Waals surface area contributed by atoms with Gasteiger partial charge in [-0.1, -0.05) is 11.6 Å². The number of anilines is 1. The standard InChI is InChI=1S/C10H9ClF3N3/c11-6-1-2-8(7(5-6)10(12,13)14)17-9-15-3-4-16-9/h1-2,5H,3-4H2,(H2,15,16,17). The fourth-order valence-electron chi connectivity index (χ4n) is 1.47. The van der Waals surface area contributed by atoms with Crippen LogP contribution in [0, 0.1) is 0 Å². The van der Waals surface area contributed by atoms with E-state index in [1.54, 1.807) is 0 Å². The molecule has 0 bridgehead atoms. The molecule has 0 saturated carbocycles. The molecule has 0 spiro atoms. The minimum Gasteiger partial charge on any atom is -0.354 e. The summed E-state index contributed by atoms with van der Waals surface area (Å²) in [5, 5.41) is 5.49. The van der Waals surface area contributed by atoms with Crippen molar-refractivity contribution in [2.24, 2.45) is 4.99 Å². The average molecular weight is 264 g/mol. The van der Waals surface area contributed by atoms with Crippen molar-refractivity contribution in [3.8, 4) is 0 Å². The molecular formula is C10H9ClF3N3. The van der Waals surface area contributed by atoms with E-state index < -0.39 is 11.7 Å². The molecule has 1 aromatic carbocycles. The minimum atomic E-state index is -4.45. The maximum atomic E-state index is 12.7. The van der Waals surface area contributed by atoms with E-state index in [9.17, 15) is 13.2 Å². The lowest BCUT2D eigenvalue weighted by atomic mass is 10.1. The van der Waals surface area contributed by atoms with Gasteiger partial charge in [0.15, 0.2) is 5.96 Å². The van der Waals surface area contributed by atoms with E-state index in [2.05, 4.69) is 15.6 Å². The predicted molar refractivity (Wildman–Crippen MR) is 60.4 cm³/mol. The number of alkyl halides is 3. The van der Waals surface area contributed by atoms with Crippen LogP contribution in [-0.4, -0.2) is 19.0 Å². The first-order chi connectivity index (χ1) is 7.97. The second kappa shape index (κ2) is 4.44. The summed E-state index contributed by atoms with van der Waals surface area (Å²) >= 11 is 5.57. The number of benzene rings is 1.